The molecule has 0 bridgehead atoms. The lowest BCUT2D eigenvalue weighted by atomic mass is 10.2. The Balaban J connectivity index is 2.10. The molecule has 0 aromatic carbocycles. The molecule has 5 heteroatoms. The maximum atomic E-state index is 4.59. The minimum atomic E-state index is 0.682. The summed E-state index contributed by atoms with van der Waals surface area (Å²) in [4.78, 5) is 4.89. The number of aromatic nitrogens is 2. The van der Waals surface area contributed by atoms with Gasteiger partial charge in [-0.25, -0.2) is 0 Å². The number of aryl methyl sites for hydroxylation is 2. The zero-order valence-corrected chi connectivity index (χ0v) is 14.1. The predicted molar refractivity (Wildman–Crippen MR) is 82.3 cm³/mol. The zero-order chi connectivity index (χ0) is 14.0. The number of halogens is 1. The summed E-state index contributed by atoms with van der Waals surface area (Å²) in [7, 11) is 6.37. The van der Waals surface area contributed by atoms with E-state index in [1.54, 1.807) is 0 Å². The van der Waals surface area contributed by atoms with Crippen LogP contribution in [0.25, 0.3) is 0 Å². The number of hydrogen-bond donors (Lipinski definition) is 0. The van der Waals surface area contributed by atoms with E-state index in [1.165, 1.54) is 35.2 Å². The van der Waals surface area contributed by atoms with E-state index in [4.69, 9.17) is 0 Å². The minimum absolute atomic E-state index is 0.682. The zero-order valence-electron chi connectivity index (χ0n) is 12.5. The Morgan fingerprint density at radius 1 is 1.42 bits per heavy atom. The SMILES string of the molecule is CCc1nn(C)c(CN2CCCC2CN(C)C)c1Br. The third-order valence-electron chi connectivity index (χ3n) is 3.93. The Morgan fingerprint density at radius 3 is 2.74 bits per heavy atom. The lowest BCUT2D eigenvalue weighted by Crippen LogP contribution is -2.37. The molecule has 0 N–H and O–H groups in total. The van der Waals surface area contributed by atoms with E-state index < -0.39 is 0 Å². The van der Waals surface area contributed by atoms with Gasteiger partial charge in [-0.3, -0.25) is 9.58 Å². The van der Waals surface area contributed by atoms with E-state index >= 15 is 0 Å². The van der Waals surface area contributed by atoms with Crippen LogP contribution in [-0.2, 0) is 20.0 Å². The monoisotopic (exact) mass is 328 g/mol. The van der Waals surface area contributed by atoms with Crippen LogP contribution < -0.4 is 0 Å². The fraction of sp³-hybridized carbons (Fsp3) is 0.786. The summed E-state index contributed by atoms with van der Waals surface area (Å²) < 4.78 is 3.24. The third kappa shape index (κ3) is 3.38. The number of likely N-dealkylation sites (tertiary alicyclic amines) is 1. The molecule has 0 amide bonds. The van der Waals surface area contributed by atoms with E-state index in [2.05, 4.69) is 58.9 Å². The van der Waals surface area contributed by atoms with E-state index in [9.17, 15) is 0 Å². The van der Waals surface area contributed by atoms with Gasteiger partial charge in [0, 0.05) is 26.2 Å². The molecule has 2 heterocycles. The van der Waals surface area contributed by atoms with Gasteiger partial charge in [-0.15, -0.1) is 0 Å². The second kappa shape index (κ2) is 6.37. The van der Waals surface area contributed by atoms with Gasteiger partial charge >= 0.3 is 0 Å². The average molecular weight is 329 g/mol. The normalized spacial score (nSPS) is 20.6. The molecule has 1 aliphatic rings. The molecule has 0 aliphatic carbocycles. The van der Waals surface area contributed by atoms with Crippen LogP contribution in [0.2, 0.25) is 0 Å². The van der Waals surface area contributed by atoms with Gasteiger partial charge in [0.25, 0.3) is 0 Å². The maximum Gasteiger partial charge on any atom is 0.0767 e. The van der Waals surface area contributed by atoms with Crippen LogP contribution in [0, 0.1) is 0 Å². The molecule has 4 nitrogen and oxygen atoms in total. The van der Waals surface area contributed by atoms with Crippen molar-refractivity contribution in [3.8, 4) is 0 Å². The molecule has 1 unspecified atom stereocenters. The van der Waals surface area contributed by atoms with Crippen LogP contribution in [0.15, 0.2) is 4.47 Å². The molecule has 2 rings (SSSR count). The highest BCUT2D eigenvalue weighted by atomic mass is 79.9. The van der Waals surface area contributed by atoms with Gasteiger partial charge in [0.05, 0.1) is 15.9 Å². The fourth-order valence-corrected chi connectivity index (χ4v) is 3.66. The molecule has 1 fully saturated rings. The van der Waals surface area contributed by atoms with Crippen molar-refractivity contribution in [1.82, 2.24) is 19.6 Å². The molecular formula is C14H25BrN4. The highest BCUT2D eigenvalue weighted by molar-refractivity contribution is 9.10. The molecule has 0 saturated carbocycles. The van der Waals surface area contributed by atoms with E-state index in [1.807, 2.05) is 4.68 Å². The first-order chi connectivity index (χ1) is 9.02. The van der Waals surface area contributed by atoms with Crippen molar-refractivity contribution in [3.63, 3.8) is 0 Å². The van der Waals surface area contributed by atoms with Crippen LogP contribution in [0.5, 0.6) is 0 Å². The van der Waals surface area contributed by atoms with Crippen molar-refractivity contribution < 1.29 is 0 Å². The van der Waals surface area contributed by atoms with E-state index in [0.717, 1.165) is 19.5 Å². The standard InChI is InChI=1S/C14H25BrN4/c1-5-12-14(15)13(18(4)16-12)10-19-8-6-7-11(19)9-17(2)3/h11H,5-10H2,1-4H3. The van der Waals surface area contributed by atoms with Crippen molar-refractivity contribution in [2.45, 2.75) is 38.8 Å². The molecular weight excluding hydrogens is 304 g/mol. The van der Waals surface area contributed by atoms with Crippen molar-refractivity contribution >= 4 is 15.9 Å². The minimum Gasteiger partial charge on any atom is -0.308 e. The summed E-state index contributed by atoms with van der Waals surface area (Å²) >= 11 is 3.72. The van der Waals surface area contributed by atoms with Crippen molar-refractivity contribution in [2.75, 3.05) is 27.2 Å². The van der Waals surface area contributed by atoms with Gasteiger partial charge in [-0.05, 0) is 55.8 Å². The fourth-order valence-electron chi connectivity index (χ4n) is 2.92. The number of hydrogen-bond acceptors (Lipinski definition) is 3. The van der Waals surface area contributed by atoms with E-state index in [0.29, 0.717) is 6.04 Å². The van der Waals surface area contributed by atoms with Gasteiger partial charge in [-0.1, -0.05) is 6.92 Å². The average Bonchev–Trinajstić information content (AvgIpc) is 2.88. The molecule has 1 saturated heterocycles. The Hall–Kier alpha value is -0.390. The van der Waals surface area contributed by atoms with Crippen LogP contribution in [0.1, 0.15) is 31.2 Å². The molecule has 108 valence electrons. The summed E-state index contributed by atoms with van der Waals surface area (Å²) in [5, 5.41) is 4.59. The number of likely N-dealkylation sites (N-methyl/N-ethyl adjacent to an activating group) is 1. The number of nitrogens with zero attached hydrogens (tertiary/aromatic N) is 4. The number of rotatable bonds is 5. The predicted octanol–water partition coefficient (Wildman–Crippen LogP) is 2.27. The van der Waals surface area contributed by atoms with Gasteiger partial charge in [0.15, 0.2) is 0 Å². The Kier molecular flexibility index (Phi) is 5.03. The molecule has 19 heavy (non-hydrogen) atoms. The first kappa shape index (κ1) is 15.0. The summed E-state index contributed by atoms with van der Waals surface area (Å²) in [6.45, 7) is 5.51. The summed E-state index contributed by atoms with van der Waals surface area (Å²) in [5.74, 6) is 0. The van der Waals surface area contributed by atoms with Crippen LogP contribution in [-0.4, -0.2) is 52.8 Å². The van der Waals surface area contributed by atoms with Gasteiger partial charge < -0.3 is 4.90 Å². The Labute approximate surface area is 124 Å². The maximum absolute atomic E-state index is 4.59. The van der Waals surface area contributed by atoms with E-state index in [-0.39, 0.29) is 0 Å². The Morgan fingerprint density at radius 2 is 2.16 bits per heavy atom. The second-order valence-electron chi connectivity index (χ2n) is 5.71. The largest absolute Gasteiger partial charge is 0.308 e. The van der Waals surface area contributed by atoms with Crippen LogP contribution in [0.4, 0.5) is 0 Å². The quantitative estimate of drug-likeness (QED) is 0.828. The van der Waals surface area contributed by atoms with Crippen LogP contribution >= 0.6 is 15.9 Å². The van der Waals surface area contributed by atoms with Gasteiger partial charge in [0.2, 0.25) is 0 Å². The Bertz CT molecular complexity index is 427. The summed E-state index contributed by atoms with van der Waals surface area (Å²) in [6, 6.07) is 0.682. The molecule has 0 radical (unpaired) electrons. The van der Waals surface area contributed by atoms with Crippen LogP contribution in [0.3, 0.4) is 0 Å². The lowest BCUT2D eigenvalue weighted by molar-refractivity contribution is 0.197. The summed E-state index contributed by atoms with van der Waals surface area (Å²) in [5.41, 5.74) is 2.48. The first-order valence-electron chi connectivity index (χ1n) is 7.12. The smallest absolute Gasteiger partial charge is 0.0767 e. The lowest BCUT2D eigenvalue weighted by Gasteiger charge is -2.27. The van der Waals surface area contributed by atoms with Crippen molar-refractivity contribution in [2.24, 2.45) is 7.05 Å². The highest BCUT2D eigenvalue weighted by Gasteiger charge is 2.26. The molecule has 1 atom stereocenters. The topological polar surface area (TPSA) is 24.3 Å². The molecule has 1 aromatic rings. The second-order valence-corrected chi connectivity index (χ2v) is 6.51. The molecule has 1 aliphatic heterocycles. The van der Waals surface area contributed by atoms with Crippen molar-refractivity contribution in [1.29, 1.82) is 0 Å². The molecule has 1 aromatic heterocycles. The van der Waals surface area contributed by atoms with Gasteiger partial charge in [0.1, 0.15) is 0 Å². The van der Waals surface area contributed by atoms with Crippen molar-refractivity contribution in [3.05, 3.63) is 15.9 Å². The first-order valence-corrected chi connectivity index (χ1v) is 7.91. The third-order valence-corrected chi connectivity index (χ3v) is 4.85. The summed E-state index contributed by atoms with van der Waals surface area (Å²) in [6.07, 6.45) is 3.61. The molecule has 0 spiro atoms. The highest BCUT2D eigenvalue weighted by Crippen LogP contribution is 2.26. The van der Waals surface area contributed by atoms with Gasteiger partial charge in [-0.2, -0.15) is 5.10 Å².